The molecule has 0 fully saturated rings. The van der Waals surface area contributed by atoms with Crippen molar-refractivity contribution in [2.24, 2.45) is 0 Å². The molecule has 0 saturated carbocycles. The fourth-order valence-corrected chi connectivity index (χ4v) is 2.42. The first-order chi connectivity index (χ1) is 7.69. The van der Waals surface area contributed by atoms with Gasteiger partial charge in [-0.2, -0.15) is 13.2 Å². The van der Waals surface area contributed by atoms with Crippen LogP contribution in [0.25, 0.3) is 0 Å². The van der Waals surface area contributed by atoms with E-state index in [-0.39, 0.29) is 5.75 Å². The molecule has 17 heavy (non-hydrogen) atoms. The fourth-order valence-electron chi connectivity index (χ4n) is 1.17. The van der Waals surface area contributed by atoms with Gasteiger partial charge in [0.15, 0.2) is 0 Å². The molecule has 0 radical (unpaired) electrons. The van der Waals surface area contributed by atoms with E-state index in [0.29, 0.717) is 19.4 Å². The molecule has 0 aliphatic rings. The molecule has 104 valence electrons. The van der Waals surface area contributed by atoms with E-state index >= 15 is 0 Å². The van der Waals surface area contributed by atoms with Crippen LogP contribution in [0.5, 0.6) is 0 Å². The summed E-state index contributed by atoms with van der Waals surface area (Å²) in [5.74, 6) is -0.108. The van der Waals surface area contributed by atoms with Crippen LogP contribution in [-0.2, 0) is 10.0 Å². The van der Waals surface area contributed by atoms with Crippen molar-refractivity contribution in [1.82, 2.24) is 9.62 Å². The summed E-state index contributed by atoms with van der Waals surface area (Å²) >= 11 is 0. The monoisotopic (exact) mass is 276 g/mol. The summed E-state index contributed by atoms with van der Waals surface area (Å²) in [5.41, 5.74) is 0. The Morgan fingerprint density at radius 3 is 2.29 bits per heavy atom. The van der Waals surface area contributed by atoms with Gasteiger partial charge in [0.05, 0.1) is 12.2 Å². The van der Waals surface area contributed by atoms with E-state index < -0.39 is 29.2 Å². The molecule has 0 rings (SSSR count). The number of alkyl halides is 3. The van der Waals surface area contributed by atoms with E-state index in [4.69, 9.17) is 0 Å². The summed E-state index contributed by atoms with van der Waals surface area (Å²) in [5, 5.41) is 2.87. The summed E-state index contributed by atoms with van der Waals surface area (Å²) in [4.78, 5) is 0. The molecule has 0 spiro atoms. The lowest BCUT2D eigenvalue weighted by Gasteiger charge is -2.17. The SMILES string of the molecule is CNCCCCS(=O)(=O)N(C)CCC(F)(F)F. The zero-order chi connectivity index (χ0) is 13.5. The fraction of sp³-hybridized carbons (Fsp3) is 1.00. The third-order valence-corrected chi connectivity index (χ3v) is 4.20. The van der Waals surface area contributed by atoms with Crippen molar-refractivity contribution in [2.45, 2.75) is 25.4 Å². The average Bonchev–Trinajstić information content (AvgIpc) is 2.20. The van der Waals surface area contributed by atoms with Gasteiger partial charge in [-0.05, 0) is 26.4 Å². The molecule has 0 aromatic rings. The molecule has 0 bridgehead atoms. The first kappa shape index (κ1) is 16.7. The van der Waals surface area contributed by atoms with E-state index in [2.05, 4.69) is 5.32 Å². The van der Waals surface area contributed by atoms with E-state index in [1.54, 1.807) is 7.05 Å². The van der Waals surface area contributed by atoms with Crippen LogP contribution in [0.4, 0.5) is 13.2 Å². The quantitative estimate of drug-likeness (QED) is 0.678. The number of hydrogen-bond acceptors (Lipinski definition) is 3. The first-order valence-corrected chi connectivity index (χ1v) is 6.95. The van der Waals surface area contributed by atoms with Gasteiger partial charge in [-0.25, -0.2) is 12.7 Å². The van der Waals surface area contributed by atoms with Crippen LogP contribution >= 0.6 is 0 Å². The molecule has 4 nitrogen and oxygen atoms in total. The van der Waals surface area contributed by atoms with Crippen LogP contribution in [0.15, 0.2) is 0 Å². The Morgan fingerprint density at radius 2 is 1.82 bits per heavy atom. The molecule has 0 aliphatic carbocycles. The summed E-state index contributed by atoms with van der Waals surface area (Å²) < 4.78 is 59.7. The molecule has 8 heteroatoms. The highest BCUT2D eigenvalue weighted by Crippen LogP contribution is 2.20. The third-order valence-electron chi connectivity index (χ3n) is 2.26. The molecule has 0 heterocycles. The van der Waals surface area contributed by atoms with Crippen LogP contribution in [-0.4, -0.2) is 51.8 Å². The molecule has 1 N–H and O–H groups in total. The Bertz CT molecular complexity index is 304. The van der Waals surface area contributed by atoms with Crippen LogP contribution in [0.3, 0.4) is 0 Å². The molecule has 0 atom stereocenters. The minimum absolute atomic E-state index is 0.108. The number of nitrogens with one attached hydrogen (secondary N) is 1. The number of nitrogens with zero attached hydrogens (tertiary/aromatic N) is 1. The van der Waals surface area contributed by atoms with Crippen LogP contribution in [0.1, 0.15) is 19.3 Å². The van der Waals surface area contributed by atoms with Gasteiger partial charge in [0.2, 0.25) is 10.0 Å². The standard InChI is InChI=1S/C9H19F3N2O2S/c1-13-6-3-4-8-17(15,16)14(2)7-5-9(10,11)12/h13H,3-8H2,1-2H3. The first-order valence-electron chi connectivity index (χ1n) is 5.34. The molecule has 0 amide bonds. The summed E-state index contributed by atoms with van der Waals surface area (Å²) in [6.45, 7) is 0.180. The van der Waals surface area contributed by atoms with Gasteiger partial charge in [-0.3, -0.25) is 0 Å². The predicted molar refractivity (Wildman–Crippen MR) is 60.2 cm³/mol. The molecule has 0 saturated heterocycles. The maximum Gasteiger partial charge on any atom is 0.390 e. The van der Waals surface area contributed by atoms with E-state index in [1.165, 1.54) is 7.05 Å². The summed E-state index contributed by atoms with van der Waals surface area (Å²) in [6.07, 6.45) is -4.31. The van der Waals surface area contributed by atoms with Crippen LogP contribution < -0.4 is 5.32 Å². The Kier molecular flexibility index (Phi) is 7.03. The highest BCUT2D eigenvalue weighted by molar-refractivity contribution is 7.89. The molecular formula is C9H19F3N2O2S. The normalized spacial score (nSPS) is 13.3. The molecule has 0 unspecified atom stereocenters. The van der Waals surface area contributed by atoms with Gasteiger partial charge >= 0.3 is 6.18 Å². The Morgan fingerprint density at radius 1 is 1.24 bits per heavy atom. The number of rotatable bonds is 8. The van der Waals surface area contributed by atoms with Crippen molar-refractivity contribution >= 4 is 10.0 Å². The van der Waals surface area contributed by atoms with Crippen LogP contribution in [0, 0.1) is 0 Å². The van der Waals surface area contributed by atoms with Gasteiger partial charge in [-0.15, -0.1) is 0 Å². The van der Waals surface area contributed by atoms with Crippen molar-refractivity contribution in [2.75, 3.05) is 32.9 Å². The minimum atomic E-state index is -4.32. The van der Waals surface area contributed by atoms with Crippen molar-refractivity contribution in [3.05, 3.63) is 0 Å². The minimum Gasteiger partial charge on any atom is -0.320 e. The zero-order valence-corrected chi connectivity index (χ0v) is 10.9. The largest absolute Gasteiger partial charge is 0.390 e. The van der Waals surface area contributed by atoms with Crippen molar-refractivity contribution in [3.8, 4) is 0 Å². The predicted octanol–water partition coefficient (Wildman–Crippen LogP) is 1.20. The number of sulfonamides is 1. The summed E-state index contributed by atoms with van der Waals surface area (Å²) in [7, 11) is -0.624. The smallest absolute Gasteiger partial charge is 0.320 e. The van der Waals surface area contributed by atoms with Gasteiger partial charge in [0, 0.05) is 13.6 Å². The molecule has 0 aliphatic heterocycles. The second-order valence-corrected chi connectivity index (χ2v) is 6.01. The van der Waals surface area contributed by atoms with Gasteiger partial charge in [-0.1, -0.05) is 0 Å². The van der Waals surface area contributed by atoms with Crippen molar-refractivity contribution in [1.29, 1.82) is 0 Å². The summed E-state index contributed by atoms with van der Waals surface area (Å²) in [6, 6.07) is 0. The molecule has 0 aromatic heterocycles. The molecule has 0 aromatic carbocycles. The average molecular weight is 276 g/mol. The second-order valence-electron chi connectivity index (χ2n) is 3.81. The Labute approximate surface area is 100 Å². The van der Waals surface area contributed by atoms with E-state index in [9.17, 15) is 21.6 Å². The van der Waals surface area contributed by atoms with Crippen molar-refractivity contribution in [3.63, 3.8) is 0 Å². The van der Waals surface area contributed by atoms with Crippen molar-refractivity contribution < 1.29 is 21.6 Å². The lowest BCUT2D eigenvalue weighted by molar-refractivity contribution is -0.135. The highest BCUT2D eigenvalue weighted by atomic mass is 32.2. The lowest BCUT2D eigenvalue weighted by atomic mass is 10.3. The highest BCUT2D eigenvalue weighted by Gasteiger charge is 2.29. The van der Waals surface area contributed by atoms with E-state index in [0.717, 1.165) is 4.31 Å². The van der Waals surface area contributed by atoms with Gasteiger partial charge < -0.3 is 5.32 Å². The van der Waals surface area contributed by atoms with Gasteiger partial charge in [0.25, 0.3) is 0 Å². The Balaban J connectivity index is 4.04. The van der Waals surface area contributed by atoms with Gasteiger partial charge in [0.1, 0.15) is 0 Å². The lowest BCUT2D eigenvalue weighted by Crippen LogP contribution is -2.32. The number of halogens is 3. The topological polar surface area (TPSA) is 49.4 Å². The number of unbranched alkanes of at least 4 members (excludes halogenated alkanes) is 1. The second kappa shape index (κ2) is 7.17. The van der Waals surface area contributed by atoms with E-state index in [1.807, 2.05) is 0 Å². The Hall–Kier alpha value is -0.340. The number of hydrogen-bond donors (Lipinski definition) is 1. The van der Waals surface area contributed by atoms with Crippen LogP contribution in [0.2, 0.25) is 0 Å². The zero-order valence-electron chi connectivity index (χ0n) is 10.0. The molecular weight excluding hydrogens is 257 g/mol. The third kappa shape index (κ3) is 8.39. The maximum atomic E-state index is 11.9. The maximum absolute atomic E-state index is 11.9.